The quantitative estimate of drug-likeness (QED) is 0.182. The highest BCUT2D eigenvalue weighted by Crippen LogP contribution is 2.46. The van der Waals surface area contributed by atoms with Gasteiger partial charge in [-0.1, -0.05) is 42.5 Å². The second-order valence-corrected chi connectivity index (χ2v) is 11.4. The summed E-state index contributed by atoms with van der Waals surface area (Å²) in [5, 5.41) is 6.33. The number of ether oxygens (including phenoxy) is 1. The number of halogens is 1. The molecule has 0 unspecified atom stereocenters. The van der Waals surface area contributed by atoms with Crippen LogP contribution >= 0.6 is 11.6 Å². The SMILES string of the molecule is CN(C)C(=O)Oc1cc2c(c3ccccc13)[C@H](CCl)CN2C(=O)c1cc2cc(NC(=O)c3cc4ccccc4[nH]3)ccc2[nH]1. The van der Waals surface area contributed by atoms with Gasteiger partial charge in [-0.2, -0.15) is 0 Å². The van der Waals surface area contributed by atoms with Crippen LogP contribution in [0, 0.1) is 0 Å². The van der Waals surface area contributed by atoms with E-state index in [0.29, 0.717) is 40.9 Å². The first-order valence-electron chi connectivity index (χ1n) is 14.1. The molecule has 0 spiro atoms. The van der Waals surface area contributed by atoms with Gasteiger partial charge >= 0.3 is 6.09 Å². The number of carbonyl (C=O) groups is 3. The third-order valence-electron chi connectivity index (χ3n) is 8.01. The van der Waals surface area contributed by atoms with Gasteiger partial charge in [-0.15, -0.1) is 11.6 Å². The molecule has 0 aliphatic carbocycles. The van der Waals surface area contributed by atoms with Crippen LogP contribution in [0.1, 0.15) is 32.5 Å². The van der Waals surface area contributed by atoms with E-state index in [1.54, 1.807) is 37.2 Å². The van der Waals surface area contributed by atoms with E-state index in [9.17, 15) is 14.4 Å². The van der Waals surface area contributed by atoms with Gasteiger partial charge in [0.05, 0.1) is 5.69 Å². The Morgan fingerprint density at radius 1 is 0.886 bits per heavy atom. The van der Waals surface area contributed by atoms with Crippen molar-refractivity contribution in [2.24, 2.45) is 0 Å². The molecule has 0 saturated heterocycles. The van der Waals surface area contributed by atoms with Crippen LogP contribution in [0.2, 0.25) is 0 Å². The zero-order valence-corrected chi connectivity index (χ0v) is 24.7. The summed E-state index contributed by atoms with van der Waals surface area (Å²) in [5.74, 6) is 0.0992. The number of para-hydroxylation sites is 1. The Morgan fingerprint density at radius 3 is 2.36 bits per heavy atom. The number of rotatable bonds is 5. The molecule has 3 N–H and O–H groups in total. The van der Waals surface area contributed by atoms with Gasteiger partial charge in [0.2, 0.25) is 0 Å². The molecule has 0 bridgehead atoms. The third-order valence-corrected chi connectivity index (χ3v) is 8.38. The summed E-state index contributed by atoms with van der Waals surface area (Å²) in [4.78, 5) is 48.9. The van der Waals surface area contributed by atoms with Gasteiger partial charge < -0.3 is 29.8 Å². The number of amides is 3. The molecule has 220 valence electrons. The number of anilines is 2. The lowest BCUT2D eigenvalue weighted by atomic mass is 9.95. The van der Waals surface area contributed by atoms with Crippen LogP contribution < -0.4 is 15.0 Å². The first kappa shape index (κ1) is 27.5. The number of benzene rings is 4. The number of carbonyl (C=O) groups excluding carboxylic acids is 3. The van der Waals surface area contributed by atoms with Crippen molar-refractivity contribution in [1.82, 2.24) is 14.9 Å². The summed E-state index contributed by atoms with van der Waals surface area (Å²) in [6, 6.07) is 26.2. The smallest absolute Gasteiger partial charge is 0.409 e. The van der Waals surface area contributed by atoms with Crippen LogP contribution in [-0.4, -0.2) is 59.3 Å². The number of fused-ring (bicyclic) bond motifs is 5. The van der Waals surface area contributed by atoms with Gasteiger partial charge in [0.15, 0.2) is 0 Å². The number of alkyl halides is 1. The fraction of sp³-hybridized carbons (Fsp3) is 0.147. The van der Waals surface area contributed by atoms with E-state index in [1.165, 1.54) is 4.90 Å². The number of nitrogens with zero attached hydrogens (tertiary/aromatic N) is 2. The van der Waals surface area contributed by atoms with Gasteiger partial charge in [0, 0.05) is 71.4 Å². The molecule has 9 nitrogen and oxygen atoms in total. The maximum absolute atomic E-state index is 14.0. The Morgan fingerprint density at radius 2 is 1.59 bits per heavy atom. The molecule has 3 amide bonds. The fourth-order valence-corrected chi connectivity index (χ4v) is 6.12. The van der Waals surface area contributed by atoms with Crippen molar-refractivity contribution in [1.29, 1.82) is 0 Å². The predicted octanol–water partition coefficient (Wildman–Crippen LogP) is 7.10. The maximum Gasteiger partial charge on any atom is 0.414 e. The zero-order valence-electron chi connectivity index (χ0n) is 24.0. The van der Waals surface area contributed by atoms with Crippen LogP contribution in [0.25, 0.3) is 32.6 Å². The average Bonchev–Trinajstić information content (AvgIpc) is 3.75. The van der Waals surface area contributed by atoms with Gasteiger partial charge in [-0.25, -0.2) is 4.79 Å². The van der Waals surface area contributed by atoms with Crippen LogP contribution in [0.5, 0.6) is 5.75 Å². The Labute approximate surface area is 257 Å². The molecule has 7 rings (SSSR count). The molecule has 1 atom stereocenters. The van der Waals surface area contributed by atoms with Crippen LogP contribution in [0.3, 0.4) is 0 Å². The van der Waals surface area contributed by atoms with Gasteiger partial charge in [-0.3, -0.25) is 9.59 Å². The minimum Gasteiger partial charge on any atom is -0.409 e. The van der Waals surface area contributed by atoms with Crippen LogP contribution in [-0.2, 0) is 0 Å². The number of H-pyrrole nitrogens is 2. The van der Waals surface area contributed by atoms with E-state index in [1.807, 2.05) is 66.7 Å². The van der Waals surface area contributed by atoms with Crippen molar-refractivity contribution >= 4 is 73.5 Å². The van der Waals surface area contributed by atoms with Gasteiger partial charge in [-0.05, 0) is 47.3 Å². The summed E-state index contributed by atoms with van der Waals surface area (Å²) in [5.41, 5.74) is 4.70. The molecule has 0 saturated carbocycles. The second kappa shape index (κ2) is 10.8. The fourth-order valence-electron chi connectivity index (χ4n) is 5.87. The standard InChI is InChI=1S/C34H28ClN5O4/c1-39(2)34(43)44-30-16-29-31(24-9-5-4-8-23(24)30)21(17-35)18-40(29)33(42)28-15-20-13-22(11-12-26(20)38-28)36-32(41)27-14-19-7-3-6-10-25(19)37-27/h3-16,21,37-38H,17-18H2,1-2H3,(H,36,41)/t21-/m1/s1. The van der Waals surface area contributed by atoms with Crippen LogP contribution in [0.4, 0.5) is 16.2 Å². The van der Waals surface area contributed by atoms with Gasteiger partial charge in [0.1, 0.15) is 17.1 Å². The highest BCUT2D eigenvalue weighted by molar-refractivity contribution is 6.19. The average molecular weight is 606 g/mol. The summed E-state index contributed by atoms with van der Waals surface area (Å²) < 4.78 is 5.73. The van der Waals surface area contributed by atoms with E-state index in [-0.39, 0.29) is 17.7 Å². The topological polar surface area (TPSA) is 111 Å². The molecule has 3 heterocycles. The number of aromatic nitrogens is 2. The molecular formula is C34H28ClN5O4. The van der Waals surface area contributed by atoms with E-state index in [4.69, 9.17) is 16.3 Å². The summed E-state index contributed by atoms with van der Waals surface area (Å²) >= 11 is 6.43. The van der Waals surface area contributed by atoms with Crippen molar-refractivity contribution in [2.75, 3.05) is 36.7 Å². The van der Waals surface area contributed by atoms with E-state index < -0.39 is 6.09 Å². The summed E-state index contributed by atoms with van der Waals surface area (Å²) in [7, 11) is 3.23. The Hall–Kier alpha value is -5.28. The molecule has 4 aromatic carbocycles. The maximum atomic E-state index is 14.0. The predicted molar refractivity (Wildman–Crippen MR) is 173 cm³/mol. The number of hydrogen-bond donors (Lipinski definition) is 3. The lowest BCUT2D eigenvalue weighted by molar-refractivity contribution is 0.0982. The summed E-state index contributed by atoms with van der Waals surface area (Å²) in [6.45, 7) is 0.383. The second-order valence-electron chi connectivity index (χ2n) is 11.1. The number of aromatic amines is 2. The molecule has 2 aromatic heterocycles. The number of nitrogens with one attached hydrogen (secondary N) is 3. The Kier molecular flexibility index (Phi) is 6.74. The lowest BCUT2D eigenvalue weighted by Gasteiger charge is -2.19. The van der Waals surface area contributed by atoms with Crippen molar-refractivity contribution in [3.05, 3.63) is 102 Å². The normalized spacial score (nSPS) is 14.2. The zero-order chi connectivity index (χ0) is 30.5. The minimum atomic E-state index is -0.511. The first-order chi connectivity index (χ1) is 21.3. The highest BCUT2D eigenvalue weighted by atomic mass is 35.5. The lowest BCUT2D eigenvalue weighted by Crippen LogP contribution is -2.30. The van der Waals surface area contributed by atoms with Crippen molar-refractivity contribution < 1.29 is 19.1 Å². The van der Waals surface area contributed by atoms with Gasteiger partial charge in [0.25, 0.3) is 11.8 Å². The molecule has 1 aliphatic heterocycles. The molecule has 0 radical (unpaired) electrons. The molecule has 10 heteroatoms. The van der Waals surface area contributed by atoms with E-state index in [2.05, 4.69) is 15.3 Å². The van der Waals surface area contributed by atoms with Crippen LogP contribution in [0.15, 0.2) is 84.9 Å². The van der Waals surface area contributed by atoms with E-state index in [0.717, 1.165) is 38.1 Å². The largest absolute Gasteiger partial charge is 0.414 e. The molecule has 1 aliphatic rings. The molecule has 0 fully saturated rings. The van der Waals surface area contributed by atoms with Crippen molar-refractivity contribution in [3.8, 4) is 5.75 Å². The van der Waals surface area contributed by atoms with E-state index >= 15 is 0 Å². The van der Waals surface area contributed by atoms with Crippen molar-refractivity contribution in [3.63, 3.8) is 0 Å². The Bertz CT molecular complexity index is 2080. The molecule has 6 aromatic rings. The summed E-state index contributed by atoms with van der Waals surface area (Å²) in [6.07, 6.45) is -0.511. The van der Waals surface area contributed by atoms with Crippen molar-refractivity contribution in [2.45, 2.75) is 5.92 Å². The molecule has 44 heavy (non-hydrogen) atoms. The monoisotopic (exact) mass is 605 g/mol. The Balaban J connectivity index is 1.20. The molecular weight excluding hydrogens is 578 g/mol. The number of hydrogen-bond acceptors (Lipinski definition) is 4. The first-order valence-corrected chi connectivity index (χ1v) is 14.7. The highest BCUT2D eigenvalue weighted by Gasteiger charge is 2.36. The minimum absolute atomic E-state index is 0.102. The third kappa shape index (κ3) is 4.71.